The minimum Gasteiger partial charge on any atom is -0.497 e. The minimum absolute atomic E-state index is 0.342. The number of carbonyl (C=O) groups is 1. The first-order chi connectivity index (χ1) is 6.35. The topological polar surface area (TPSA) is 39.4 Å². The molecule has 0 aliphatic heterocycles. The molecule has 0 bridgehead atoms. The number of rotatable bonds is 2. The van der Waals surface area contributed by atoms with Crippen LogP contribution in [0.25, 0.3) is 10.8 Å². The highest BCUT2D eigenvalue weighted by atomic mass is 16.5. The average Bonchev–Trinajstić information content (AvgIpc) is 2.59. The summed E-state index contributed by atoms with van der Waals surface area (Å²) < 4.78 is 10.1. The molecule has 13 heavy (non-hydrogen) atoms. The van der Waals surface area contributed by atoms with Crippen LogP contribution in [0.1, 0.15) is 10.6 Å². The third kappa shape index (κ3) is 1.18. The van der Waals surface area contributed by atoms with Crippen molar-refractivity contribution in [3.8, 4) is 5.75 Å². The number of fused-ring (bicyclic) bond motifs is 1. The Hall–Kier alpha value is -1.77. The van der Waals surface area contributed by atoms with Crippen LogP contribution in [0.15, 0.2) is 28.9 Å². The predicted octanol–water partition coefficient (Wildman–Crippen LogP) is 2.25. The summed E-state index contributed by atoms with van der Waals surface area (Å²) >= 11 is 0. The first-order valence-electron chi connectivity index (χ1n) is 3.85. The van der Waals surface area contributed by atoms with E-state index >= 15 is 0 Å². The molecule has 0 amide bonds. The molecule has 1 aromatic heterocycles. The van der Waals surface area contributed by atoms with Gasteiger partial charge in [-0.3, -0.25) is 4.79 Å². The molecule has 0 saturated heterocycles. The van der Waals surface area contributed by atoms with Crippen molar-refractivity contribution >= 4 is 17.1 Å². The number of hydrogen-bond donors (Lipinski definition) is 0. The lowest BCUT2D eigenvalue weighted by atomic mass is 10.2. The maximum absolute atomic E-state index is 10.5. The molecular weight excluding hydrogens is 168 g/mol. The third-order valence-corrected chi connectivity index (χ3v) is 1.95. The molecule has 2 aromatic rings. The van der Waals surface area contributed by atoms with E-state index < -0.39 is 0 Å². The highest BCUT2D eigenvalue weighted by molar-refractivity contribution is 5.96. The molecule has 1 heterocycles. The number of methoxy groups -OCH3 is 1. The monoisotopic (exact) mass is 176 g/mol. The molecule has 0 aliphatic rings. The van der Waals surface area contributed by atoms with Crippen molar-refractivity contribution in [1.82, 2.24) is 0 Å². The molecule has 0 radical (unpaired) electrons. The van der Waals surface area contributed by atoms with E-state index in [9.17, 15) is 4.79 Å². The Morgan fingerprint density at radius 3 is 3.00 bits per heavy atom. The highest BCUT2D eigenvalue weighted by Gasteiger charge is 2.05. The van der Waals surface area contributed by atoms with Gasteiger partial charge in [-0.25, -0.2) is 0 Å². The van der Waals surface area contributed by atoms with Gasteiger partial charge >= 0.3 is 0 Å². The molecule has 0 unspecified atom stereocenters. The van der Waals surface area contributed by atoms with Gasteiger partial charge < -0.3 is 9.15 Å². The Morgan fingerprint density at radius 2 is 2.31 bits per heavy atom. The molecule has 0 aliphatic carbocycles. The minimum atomic E-state index is 0.342. The first kappa shape index (κ1) is 7.86. The summed E-state index contributed by atoms with van der Waals surface area (Å²) in [6, 6.07) is 5.46. The van der Waals surface area contributed by atoms with E-state index in [0.29, 0.717) is 12.0 Å². The Balaban J connectivity index is 2.71. The number of aldehydes is 1. The predicted molar refractivity (Wildman–Crippen MR) is 48.2 cm³/mol. The zero-order valence-electron chi connectivity index (χ0n) is 7.11. The van der Waals surface area contributed by atoms with E-state index in [2.05, 4.69) is 0 Å². The lowest BCUT2D eigenvalue weighted by molar-refractivity contribution is 0.110. The second kappa shape index (κ2) is 2.94. The molecular formula is C10H8O3. The van der Waals surface area contributed by atoms with Gasteiger partial charge in [0.15, 0.2) is 12.0 Å². The number of hydrogen-bond acceptors (Lipinski definition) is 3. The van der Waals surface area contributed by atoms with Crippen molar-refractivity contribution in [3.05, 3.63) is 30.2 Å². The van der Waals surface area contributed by atoms with Crippen molar-refractivity contribution in [2.45, 2.75) is 0 Å². The van der Waals surface area contributed by atoms with Gasteiger partial charge in [0.2, 0.25) is 0 Å². The molecule has 66 valence electrons. The second-order valence-electron chi connectivity index (χ2n) is 2.67. The van der Waals surface area contributed by atoms with E-state index in [0.717, 1.165) is 16.5 Å². The molecule has 0 saturated carbocycles. The van der Waals surface area contributed by atoms with Gasteiger partial charge in [-0.15, -0.1) is 0 Å². The molecule has 0 spiro atoms. The fourth-order valence-corrected chi connectivity index (χ4v) is 1.26. The summed E-state index contributed by atoms with van der Waals surface area (Å²) in [5, 5.41) is 1.69. The Bertz CT molecular complexity index is 442. The van der Waals surface area contributed by atoms with Crippen LogP contribution in [-0.2, 0) is 0 Å². The largest absolute Gasteiger partial charge is 0.497 e. The van der Waals surface area contributed by atoms with Crippen LogP contribution in [0.3, 0.4) is 0 Å². The number of benzene rings is 1. The van der Waals surface area contributed by atoms with Crippen molar-refractivity contribution in [1.29, 1.82) is 0 Å². The van der Waals surface area contributed by atoms with Crippen molar-refractivity contribution in [2.75, 3.05) is 7.11 Å². The van der Waals surface area contributed by atoms with Crippen molar-refractivity contribution in [2.24, 2.45) is 0 Å². The Kier molecular flexibility index (Phi) is 1.77. The standard InChI is InChI=1S/C10H8O3/c1-12-8-3-2-7-6-13-10(5-11)9(7)4-8/h2-6H,1H3. The Morgan fingerprint density at radius 1 is 1.46 bits per heavy atom. The van der Waals surface area contributed by atoms with Crippen LogP contribution in [0.5, 0.6) is 5.75 Å². The quantitative estimate of drug-likeness (QED) is 0.659. The third-order valence-electron chi connectivity index (χ3n) is 1.95. The lowest BCUT2D eigenvalue weighted by Gasteiger charge is -1.97. The summed E-state index contributed by atoms with van der Waals surface area (Å²) in [6.45, 7) is 0. The van der Waals surface area contributed by atoms with Gasteiger partial charge in [0, 0.05) is 10.8 Å². The Labute approximate surface area is 74.9 Å². The number of ether oxygens (including phenoxy) is 1. The summed E-state index contributed by atoms with van der Waals surface area (Å²) in [4.78, 5) is 10.5. The van der Waals surface area contributed by atoms with Crippen molar-refractivity contribution in [3.63, 3.8) is 0 Å². The summed E-state index contributed by atoms with van der Waals surface area (Å²) in [5.74, 6) is 1.06. The van der Waals surface area contributed by atoms with Gasteiger partial charge in [0.1, 0.15) is 5.75 Å². The number of furan rings is 1. The highest BCUT2D eigenvalue weighted by Crippen LogP contribution is 2.24. The molecule has 3 heteroatoms. The van der Waals surface area contributed by atoms with Gasteiger partial charge in [0.05, 0.1) is 13.4 Å². The number of carbonyl (C=O) groups excluding carboxylic acids is 1. The molecule has 0 fully saturated rings. The van der Waals surface area contributed by atoms with E-state index in [4.69, 9.17) is 9.15 Å². The van der Waals surface area contributed by atoms with E-state index in [-0.39, 0.29) is 0 Å². The van der Waals surface area contributed by atoms with Crippen LogP contribution in [0.2, 0.25) is 0 Å². The average molecular weight is 176 g/mol. The normalized spacial score (nSPS) is 10.2. The maximum Gasteiger partial charge on any atom is 0.185 e. The van der Waals surface area contributed by atoms with E-state index in [1.807, 2.05) is 12.1 Å². The molecule has 0 atom stereocenters. The molecule has 1 aromatic carbocycles. The molecule has 0 N–H and O–H groups in total. The smallest absolute Gasteiger partial charge is 0.185 e. The van der Waals surface area contributed by atoms with Gasteiger partial charge in [0.25, 0.3) is 0 Å². The summed E-state index contributed by atoms with van der Waals surface area (Å²) in [6.07, 6.45) is 2.25. The summed E-state index contributed by atoms with van der Waals surface area (Å²) in [5.41, 5.74) is 0. The molecule has 3 nitrogen and oxygen atoms in total. The van der Waals surface area contributed by atoms with Crippen LogP contribution in [-0.4, -0.2) is 13.4 Å². The fourth-order valence-electron chi connectivity index (χ4n) is 1.26. The lowest BCUT2D eigenvalue weighted by Crippen LogP contribution is -1.82. The first-order valence-corrected chi connectivity index (χ1v) is 3.85. The van der Waals surface area contributed by atoms with Gasteiger partial charge in [-0.1, -0.05) is 0 Å². The summed E-state index contributed by atoms with van der Waals surface area (Å²) in [7, 11) is 1.59. The van der Waals surface area contributed by atoms with Gasteiger partial charge in [-0.05, 0) is 18.2 Å². The van der Waals surface area contributed by atoms with Crippen LogP contribution >= 0.6 is 0 Å². The fraction of sp³-hybridized carbons (Fsp3) is 0.100. The zero-order chi connectivity index (χ0) is 9.26. The van der Waals surface area contributed by atoms with Crippen LogP contribution < -0.4 is 4.74 Å². The zero-order valence-corrected chi connectivity index (χ0v) is 7.11. The van der Waals surface area contributed by atoms with E-state index in [1.54, 1.807) is 19.4 Å². The molecule has 2 rings (SSSR count). The maximum atomic E-state index is 10.5. The SMILES string of the molecule is COc1ccc2coc(C=O)c2c1. The van der Waals surface area contributed by atoms with Gasteiger partial charge in [-0.2, -0.15) is 0 Å². The van der Waals surface area contributed by atoms with Crippen LogP contribution in [0, 0.1) is 0 Å². The van der Waals surface area contributed by atoms with Crippen LogP contribution in [0.4, 0.5) is 0 Å². The second-order valence-corrected chi connectivity index (χ2v) is 2.67. The van der Waals surface area contributed by atoms with E-state index in [1.165, 1.54) is 0 Å². The van der Waals surface area contributed by atoms with Crippen molar-refractivity contribution < 1.29 is 13.9 Å².